The van der Waals surface area contributed by atoms with Gasteiger partial charge in [0.25, 0.3) is 0 Å². The topological polar surface area (TPSA) is 38.9 Å². The van der Waals surface area contributed by atoms with Crippen LogP contribution in [0.15, 0.2) is 23.7 Å². The van der Waals surface area contributed by atoms with Crippen molar-refractivity contribution >= 4 is 34.0 Å². The standard InChI is InChI=1S/C9H10N2S.ClH/c10-4-3-7-1-2-9-8(5-7)11-6-12-9;/h1-2,5-6H,3-4,10H2;1H. The Morgan fingerprint density at radius 3 is 3.00 bits per heavy atom. The second-order valence-corrected chi connectivity index (χ2v) is 3.58. The number of thiazole rings is 1. The molecule has 0 amide bonds. The van der Waals surface area contributed by atoms with Crippen LogP contribution in [0.4, 0.5) is 0 Å². The zero-order chi connectivity index (χ0) is 8.39. The summed E-state index contributed by atoms with van der Waals surface area (Å²) in [7, 11) is 0. The summed E-state index contributed by atoms with van der Waals surface area (Å²) in [6.07, 6.45) is 0.938. The van der Waals surface area contributed by atoms with Gasteiger partial charge in [0.1, 0.15) is 0 Å². The minimum absolute atomic E-state index is 0. The molecule has 70 valence electrons. The van der Waals surface area contributed by atoms with E-state index in [9.17, 15) is 0 Å². The van der Waals surface area contributed by atoms with E-state index in [1.165, 1.54) is 10.3 Å². The predicted octanol–water partition coefficient (Wildman–Crippen LogP) is 2.22. The van der Waals surface area contributed by atoms with Gasteiger partial charge in [-0.25, -0.2) is 4.98 Å². The van der Waals surface area contributed by atoms with Crippen LogP contribution in [0.5, 0.6) is 0 Å². The van der Waals surface area contributed by atoms with Crippen molar-refractivity contribution in [3.05, 3.63) is 29.3 Å². The van der Waals surface area contributed by atoms with Gasteiger partial charge in [-0.2, -0.15) is 0 Å². The van der Waals surface area contributed by atoms with Gasteiger partial charge in [0, 0.05) is 0 Å². The molecule has 2 rings (SSSR count). The van der Waals surface area contributed by atoms with Crippen LogP contribution >= 0.6 is 23.7 Å². The lowest BCUT2D eigenvalue weighted by Gasteiger charge is -1.96. The summed E-state index contributed by atoms with van der Waals surface area (Å²) in [6.45, 7) is 0.704. The number of nitrogens with two attached hydrogens (primary N) is 1. The summed E-state index contributed by atoms with van der Waals surface area (Å²) in [5.41, 5.74) is 9.70. The quantitative estimate of drug-likeness (QED) is 0.833. The summed E-state index contributed by atoms with van der Waals surface area (Å²) in [5, 5.41) is 0. The lowest BCUT2D eigenvalue weighted by Crippen LogP contribution is -2.02. The monoisotopic (exact) mass is 214 g/mol. The van der Waals surface area contributed by atoms with Gasteiger partial charge in [-0.15, -0.1) is 23.7 Å². The van der Waals surface area contributed by atoms with Crippen molar-refractivity contribution in [2.24, 2.45) is 5.73 Å². The van der Waals surface area contributed by atoms with Crippen molar-refractivity contribution in [2.45, 2.75) is 6.42 Å². The van der Waals surface area contributed by atoms with E-state index in [2.05, 4.69) is 23.2 Å². The number of hydrogen-bond acceptors (Lipinski definition) is 3. The van der Waals surface area contributed by atoms with Gasteiger partial charge in [-0.05, 0) is 30.7 Å². The zero-order valence-electron chi connectivity index (χ0n) is 7.06. The molecule has 13 heavy (non-hydrogen) atoms. The minimum Gasteiger partial charge on any atom is -0.330 e. The molecule has 0 spiro atoms. The molecule has 2 aromatic rings. The fourth-order valence-corrected chi connectivity index (χ4v) is 1.88. The second kappa shape index (κ2) is 4.56. The van der Waals surface area contributed by atoms with E-state index in [-0.39, 0.29) is 12.4 Å². The van der Waals surface area contributed by atoms with Gasteiger partial charge in [-0.3, -0.25) is 0 Å². The van der Waals surface area contributed by atoms with Crippen molar-refractivity contribution in [1.82, 2.24) is 4.98 Å². The molecule has 0 aliphatic rings. The van der Waals surface area contributed by atoms with Crippen LogP contribution in [0.3, 0.4) is 0 Å². The Bertz CT molecular complexity index is 386. The van der Waals surface area contributed by atoms with Crippen molar-refractivity contribution in [2.75, 3.05) is 6.54 Å². The number of hydrogen-bond donors (Lipinski definition) is 1. The third kappa shape index (κ3) is 2.18. The molecular weight excluding hydrogens is 204 g/mol. The van der Waals surface area contributed by atoms with Gasteiger partial charge in [-0.1, -0.05) is 6.07 Å². The van der Waals surface area contributed by atoms with Crippen molar-refractivity contribution in [3.8, 4) is 0 Å². The smallest absolute Gasteiger partial charge is 0.0814 e. The van der Waals surface area contributed by atoms with Crippen LogP contribution in [0, 0.1) is 0 Å². The molecule has 2 N–H and O–H groups in total. The molecule has 0 saturated carbocycles. The minimum atomic E-state index is 0. The molecule has 0 atom stereocenters. The molecule has 0 aliphatic heterocycles. The molecule has 0 radical (unpaired) electrons. The van der Waals surface area contributed by atoms with Crippen LogP contribution in [0.2, 0.25) is 0 Å². The fraction of sp³-hybridized carbons (Fsp3) is 0.222. The van der Waals surface area contributed by atoms with E-state index in [1.54, 1.807) is 11.3 Å². The number of rotatable bonds is 2. The Kier molecular flexibility index (Phi) is 3.66. The average molecular weight is 215 g/mol. The zero-order valence-corrected chi connectivity index (χ0v) is 8.70. The van der Waals surface area contributed by atoms with Gasteiger partial charge in [0.05, 0.1) is 15.7 Å². The van der Waals surface area contributed by atoms with E-state index in [1.807, 2.05) is 5.51 Å². The van der Waals surface area contributed by atoms with E-state index in [0.29, 0.717) is 6.54 Å². The SMILES string of the molecule is Cl.NCCc1ccc2scnc2c1. The molecule has 0 bridgehead atoms. The Morgan fingerprint density at radius 1 is 1.38 bits per heavy atom. The molecule has 1 aromatic carbocycles. The first-order valence-corrected chi connectivity index (χ1v) is 4.80. The second-order valence-electron chi connectivity index (χ2n) is 2.69. The maximum Gasteiger partial charge on any atom is 0.0814 e. The summed E-state index contributed by atoms with van der Waals surface area (Å²) >= 11 is 1.67. The summed E-state index contributed by atoms with van der Waals surface area (Å²) in [5.74, 6) is 0. The Balaban J connectivity index is 0.000000845. The van der Waals surface area contributed by atoms with Crippen LogP contribution in [-0.4, -0.2) is 11.5 Å². The molecule has 0 aliphatic carbocycles. The molecule has 1 heterocycles. The molecule has 1 aromatic heterocycles. The van der Waals surface area contributed by atoms with E-state index >= 15 is 0 Å². The lowest BCUT2D eigenvalue weighted by atomic mass is 10.1. The maximum absolute atomic E-state index is 5.46. The highest BCUT2D eigenvalue weighted by atomic mass is 35.5. The van der Waals surface area contributed by atoms with E-state index in [0.717, 1.165) is 11.9 Å². The number of benzene rings is 1. The summed E-state index contributed by atoms with van der Waals surface area (Å²) in [4.78, 5) is 4.24. The first-order valence-electron chi connectivity index (χ1n) is 3.92. The first kappa shape index (κ1) is 10.4. The third-order valence-corrected chi connectivity index (χ3v) is 2.64. The van der Waals surface area contributed by atoms with Gasteiger partial charge in [0.15, 0.2) is 0 Å². The van der Waals surface area contributed by atoms with Gasteiger partial charge >= 0.3 is 0 Å². The normalized spacial score (nSPS) is 9.92. The Morgan fingerprint density at radius 2 is 2.23 bits per heavy atom. The van der Waals surface area contributed by atoms with E-state index < -0.39 is 0 Å². The van der Waals surface area contributed by atoms with Crippen LogP contribution < -0.4 is 5.73 Å². The molecule has 4 heteroatoms. The molecule has 2 nitrogen and oxygen atoms in total. The molecular formula is C9H11ClN2S. The fourth-order valence-electron chi connectivity index (χ4n) is 1.23. The first-order chi connectivity index (χ1) is 5.90. The number of halogens is 1. The molecule has 0 saturated heterocycles. The molecule has 0 fully saturated rings. The number of aromatic nitrogens is 1. The van der Waals surface area contributed by atoms with Crippen molar-refractivity contribution in [1.29, 1.82) is 0 Å². The third-order valence-electron chi connectivity index (χ3n) is 1.83. The van der Waals surface area contributed by atoms with E-state index in [4.69, 9.17) is 5.73 Å². The summed E-state index contributed by atoms with van der Waals surface area (Å²) in [6, 6.07) is 6.34. The largest absolute Gasteiger partial charge is 0.330 e. The van der Waals surface area contributed by atoms with Crippen molar-refractivity contribution in [3.63, 3.8) is 0 Å². The highest BCUT2D eigenvalue weighted by Gasteiger charge is 1.97. The number of nitrogens with zero attached hydrogens (tertiary/aromatic N) is 1. The maximum atomic E-state index is 5.46. The average Bonchev–Trinajstić information content (AvgIpc) is 2.51. The lowest BCUT2D eigenvalue weighted by molar-refractivity contribution is 0.970. The van der Waals surface area contributed by atoms with Gasteiger partial charge < -0.3 is 5.73 Å². The Hall–Kier alpha value is -0.640. The highest BCUT2D eigenvalue weighted by molar-refractivity contribution is 7.16. The van der Waals surface area contributed by atoms with Crippen LogP contribution in [-0.2, 0) is 6.42 Å². The highest BCUT2D eigenvalue weighted by Crippen LogP contribution is 2.18. The molecule has 0 unspecified atom stereocenters. The summed E-state index contributed by atoms with van der Waals surface area (Å²) < 4.78 is 1.25. The Labute approximate surface area is 87.2 Å². The number of fused-ring (bicyclic) bond motifs is 1. The van der Waals surface area contributed by atoms with Crippen LogP contribution in [0.1, 0.15) is 5.56 Å². The van der Waals surface area contributed by atoms with Crippen molar-refractivity contribution < 1.29 is 0 Å². The van der Waals surface area contributed by atoms with Gasteiger partial charge in [0.2, 0.25) is 0 Å². The van der Waals surface area contributed by atoms with Crippen LogP contribution in [0.25, 0.3) is 10.2 Å². The predicted molar refractivity (Wildman–Crippen MR) is 59.6 cm³/mol.